The number of methoxy groups -OCH3 is 2. The summed E-state index contributed by atoms with van der Waals surface area (Å²) in [7, 11) is 3.26. The fourth-order valence-electron chi connectivity index (χ4n) is 3.12. The van der Waals surface area contributed by atoms with Gasteiger partial charge < -0.3 is 14.8 Å². The lowest BCUT2D eigenvalue weighted by Crippen LogP contribution is -2.10. The van der Waals surface area contributed by atoms with E-state index in [0.717, 1.165) is 29.7 Å². The largest absolute Gasteiger partial charge is 0.493 e. The van der Waals surface area contributed by atoms with E-state index >= 15 is 0 Å². The Bertz CT molecular complexity index is 781. The van der Waals surface area contributed by atoms with Crippen molar-refractivity contribution in [2.24, 2.45) is 0 Å². The van der Waals surface area contributed by atoms with Crippen LogP contribution in [-0.4, -0.2) is 20.1 Å². The van der Waals surface area contributed by atoms with E-state index in [-0.39, 0.29) is 5.91 Å². The lowest BCUT2D eigenvalue weighted by atomic mass is 10.1. The summed E-state index contributed by atoms with van der Waals surface area (Å²) in [5.74, 6) is 1.51. The second-order valence-electron chi connectivity index (χ2n) is 7.14. The van der Waals surface area contributed by atoms with Crippen LogP contribution >= 0.6 is 0 Å². The van der Waals surface area contributed by atoms with Crippen LogP contribution in [0.15, 0.2) is 42.5 Å². The Hall–Kier alpha value is -2.75. The van der Waals surface area contributed by atoms with Crippen LogP contribution < -0.4 is 14.8 Å². The molecule has 0 atom stereocenters. The molecule has 0 aliphatic carbocycles. The van der Waals surface area contributed by atoms with Crippen LogP contribution in [0.3, 0.4) is 0 Å². The molecule has 2 aromatic carbocycles. The number of amides is 1. The van der Waals surface area contributed by atoms with E-state index < -0.39 is 0 Å². The molecule has 0 saturated carbocycles. The number of unbranched alkanes of at least 4 members (excludes halogenated alkanes) is 5. The summed E-state index contributed by atoms with van der Waals surface area (Å²) in [6, 6.07) is 13.7. The van der Waals surface area contributed by atoms with Gasteiger partial charge >= 0.3 is 0 Å². The average Bonchev–Trinajstić information content (AvgIpc) is 2.75. The smallest absolute Gasteiger partial charge is 0.224 e. The average molecular weight is 396 g/mol. The van der Waals surface area contributed by atoms with Crippen LogP contribution in [0.2, 0.25) is 0 Å². The number of rotatable bonds is 12. The number of carbonyl (C=O) groups is 1. The van der Waals surface area contributed by atoms with E-state index in [0.29, 0.717) is 17.9 Å². The minimum Gasteiger partial charge on any atom is -0.493 e. The number of ether oxygens (including phenoxy) is 2. The lowest BCUT2D eigenvalue weighted by Gasteiger charge is -2.07. The molecule has 4 heteroatoms. The third kappa shape index (κ3) is 8.02. The number of nitrogens with one attached hydrogen (secondary N) is 1. The molecule has 2 aromatic rings. The van der Waals surface area contributed by atoms with Gasteiger partial charge in [-0.2, -0.15) is 0 Å². The van der Waals surface area contributed by atoms with Gasteiger partial charge in [0.25, 0.3) is 0 Å². The van der Waals surface area contributed by atoms with Crippen LogP contribution in [0.4, 0.5) is 5.69 Å². The normalized spacial score (nSPS) is 10.9. The highest BCUT2D eigenvalue weighted by Gasteiger charge is 2.04. The quantitative estimate of drug-likeness (QED) is 0.327. The summed E-state index contributed by atoms with van der Waals surface area (Å²) in [5, 5.41) is 2.98. The molecule has 2 rings (SSSR count). The van der Waals surface area contributed by atoms with Crippen molar-refractivity contribution >= 4 is 23.7 Å². The van der Waals surface area contributed by atoms with Crippen molar-refractivity contribution in [1.29, 1.82) is 0 Å². The summed E-state index contributed by atoms with van der Waals surface area (Å²) in [4.78, 5) is 12.1. The summed E-state index contributed by atoms with van der Waals surface area (Å²) >= 11 is 0. The Kier molecular flexibility index (Phi) is 9.84. The first-order valence-corrected chi connectivity index (χ1v) is 10.5. The summed E-state index contributed by atoms with van der Waals surface area (Å²) in [5.41, 5.74) is 2.93. The molecular formula is C25H33NO3. The van der Waals surface area contributed by atoms with E-state index in [1.807, 2.05) is 54.6 Å². The second-order valence-corrected chi connectivity index (χ2v) is 7.14. The van der Waals surface area contributed by atoms with Crippen LogP contribution in [-0.2, 0) is 4.79 Å². The molecule has 0 unspecified atom stereocenters. The maximum Gasteiger partial charge on any atom is 0.224 e. The highest BCUT2D eigenvalue weighted by Crippen LogP contribution is 2.28. The van der Waals surface area contributed by atoms with Gasteiger partial charge in [0.05, 0.1) is 14.2 Å². The fourth-order valence-corrected chi connectivity index (χ4v) is 3.12. The Labute approximate surface area is 174 Å². The minimum absolute atomic E-state index is 0.0918. The van der Waals surface area contributed by atoms with Gasteiger partial charge in [0, 0.05) is 12.1 Å². The summed E-state index contributed by atoms with van der Waals surface area (Å²) in [6.07, 6.45) is 11.8. The summed E-state index contributed by atoms with van der Waals surface area (Å²) in [6.45, 7) is 2.21. The molecule has 0 spiro atoms. The second kappa shape index (κ2) is 12.7. The van der Waals surface area contributed by atoms with Gasteiger partial charge in [0.15, 0.2) is 11.5 Å². The molecule has 0 radical (unpaired) electrons. The van der Waals surface area contributed by atoms with E-state index in [1.165, 1.54) is 25.7 Å². The Morgan fingerprint density at radius 1 is 0.828 bits per heavy atom. The van der Waals surface area contributed by atoms with E-state index in [9.17, 15) is 4.79 Å². The number of benzene rings is 2. The number of carbonyl (C=O) groups excluding carboxylic acids is 1. The highest BCUT2D eigenvalue weighted by atomic mass is 16.5. The molecule has 29 heavy (non-hydrogen) atoms. The van der Waals surface area contributed by atoms with Gasteiger partial charge in [-0.25, -0.2) is 0 Å². The molecule has 0 aromatic heterocycles. The highest BCUT2D eigenvalue weighted by molar-refractivity contribution is 5.90. The molecule has 0 bridgehead atoms. The van der Waals surface area contributed by atoms with E-state index in [1.54, 1.807) is 14.2 Å². The number of hydrogen-bond acceptors (Lipinski definition) is 3. The molecule has 0 saturated heterocycles. The van der Waals surface area contributed by atoms with Crippen molar-refractivity contribution < 1.29 is 14.3 Å². The number of anilines is 1. The summed E-state index contributed by atoms with van der Waals surface area (Å²) < 4.78 is 10.6. The van der Waals surface area contributed by atoms with Gasteiger partial charge in [-0.1, -0.05) is 69.4 Å². The Balaban J connectivity index is 1.82. The minimum atomic E-state index is 0.0918. The molecule has 0 aliphatic rings. The third-order valence-electron chi connectivity index (χ3n) is 4.83. The van der Waals surface area contributed by atoms with Crippen molar-refractivity contribution in [2.45, 2.75) is 51.9 Å². The van der Waals surface area contributed by atoms with E-state index in [4.69, 9.17) is 9.47 Å². The molecule has 0 fully saturated rings. The molecule has 156 valence electrons. The SMILES string of the molecule is CCCCCCCCC(=O)Nc1ccc(/C=C/c2ccc(OC)c(OC)c2)cc1. The van der Waals surface area contributed by atoms with Crippen LogP contribution in [0.5, 0.6) is 11.5 Å². The zero-order chi connectivity index (χ0) is 20.9. The third-order valence-corrected chi connectivity index (χ3v) is 4.83. The first kappa shape index (κ1) is 22.5. The van der Waals surface area contributed by atoms with Crippen molar-refractivity contribution in [3.63, 3.8) is 0 Å². The predicted molar refractivity (Wildman–Crippen MR) is 122 cm³/mol. The van der Waals surface area contributed by atoms with Gasteiger partial charge in [0.2, 0.25) is 5.91 Å². The predicted octanol–water partition coefficient (Wildman–Crippen LogP) is 6.56. The van der Waals surface area contributed by atoms with Crippen molar-refractivity contribution in [2.75, 3.05) is 19.5 Å². The lowest BCUT2D eigenvalue weighted by molar-refractivity contribution is -0.116. The Morgan fingerprint density at radius 3 is 2.14 bits per heavy atom. The molecule has 1 N–H and O–H groups in total. The zero-order valence-electron chi connectivity index (χ0n) is 17.9. The topological polar surface area (TPSA) is 47.6 Å². The monoisotopic (exact) mass is 395 g/mol. The van der Waals surface area contributed by atoms with E-state index in [2.05, 4.69) is 12.2 Å². The maximum absolute atomic E-state index is 12.1. The first-order chi connectivity index (χ1) is 14.2. The molecular weight excluding hydrogens is 362 g/mol. The van der Waals surface area contributed by atoms with Gasteiger partial charge in [-0.05, 0) is 41.8 Å². The maximum atomic E-state index is 12.1. The zero-order valence-corrected chi connectivity index (χ0v) is 17.9. The van der Waals surface area contributed by atoms with Crippen LogP contribution in [0, 0.1) is 0 Å². The van der Waals surface area contributed by atoms with Crippen molar-refractivity contribution in [1.82, 2.24) is 0 Å². The molecule has 0 aliphatic heterocycles. The molecule has 4 nitrogen and oxygen atoms in total. The van der Waals surface area contributed by atoms with Crippen molar-refractivity contribution in [3.8, 4) is 11.5 Å². The molecule has 0 heterocycles. The first-order valence-electron chi connectivity index (χ1n) is 10.5. The van der Waals surface area contributed by atoms with Gasteiger partial charge in [-0.3, -0.25) is 4.79 Å². The van der Waals surface area contributed by atoms with Crippen molar-refractivity contribution in [3.05, 3.63) is 53.6 Å². The van der Waals surface area contributed by atoms with Crippen LogP contribution in [0.1, 0.15) is 63.0 Å². The van der Waals surface area contributed by atoms with Gasteiger partial charge in [0.1, 0.15) is 0 Å². The number of hydrogen-bond donors (Lipinski definition) is 1. The van der Waals surface area contributed by atoms with Crippen LogP contribution in [0.25, 0.3) is 12.2 Å². The fraction of sp³-hybridized carbons (Fsp3) is 0.400. The molecule has 1 amide bonds. The van der Waals surface area contributed by atoms with Gasteiger partial charge in [-0.15, -0.1) is 0 Å². The standard InChI is InChI=1S/C25H33NO3/c1-4-5-6-7-8-9-10-25(27)26-22-16-13-20(14-17-22)11-12-21-15-18-23(28-2)24(19-21)29-3/h11-19H,4-10H2,1-3H3,(H,26,27)/b12-11+. The Morgan fingerprint density at radius 2 is 1.45 bits per heavy atom.